The number of amides is 1. The average Bonchev–Trinajstić information content (AvgIpc) is 3.16. The van der Waals surface area contributed by atoms with Crippen LogP contribution in [0.25, 0.3) is 11.3 Å². The van der Waals surface area contributed by atoms with Gasteiger partial charge in [0.05, 0.1) is 5.69 Å². The zero-order valence-corrected chi connectivity index (χ0v) is 13.7. The van der Waals surface area contributed by atoms with Gasteiger partial charge < -0.3 is 5.32 Å². The third-order valence-corrected chi connectivity index (χ3v) is 3.91. The van der Waals surface area contributed by atoms with Crippen LogP contribution in [0.15, 0.2) is 59.9 Å². The maximum absolute atomic E-state index is 12.5. The first kappa shape index (κ1) is 15.6. The smallest absolute Gasteiger partial charge is 0.270 e. The third-order valence-electron chi connectivity index (χ3n) is 3.91. The molecule has 1 amide bonds. The first-order valence-corrected chi connectivity index (χ1v) is 7.75. The molecule has 0 aliphatic rings. The second-order valence-corrected chi connectivity index (χ2v) is 5.62. The van der Waals surface area contributed by atoms with Gasteiger partial charge in [0.2, 0.25) is 0 Å². The van der Waals surface area contributed by atoms with E-state index in [1.165, 1.54) is 21.6 Å². The summed E-state index contributed by atoms with van der Waals surface area (Å²) in [5.74, 6) is -0.518. The fourth-order valence-electron chi connectivity index (χ4n) is 2.64. The maximum Gasteiger partial charge on any atom is 0.270 e. The van der Waals surface area contributed by atoms with Crippen LogP contribution in [0.3, 0.4) is 0 Å². The van der Waals surface area contributed by atoms with Crippen LogP contribution < -0.4 is 10.9 Å². The number of hydrogen-bond acceptors (Lipinski definition) is 6. The second kappa shape index (κ2) is 6.20. The number of fused-ring (bicyclic) bond motifs is 1. The summed E-state index contributed by atoms with van der Waals surface area (Å²) in [4.78, 5) is 29.1. The Morgan fingerprint density at radius 1 is 1.19 bits per heavy atom. The number of aryl methyl sites for hydroxylation is 1. The fourth-order valence-corrected chi connectivity index (χ4v) is 2.64. The molecule has 0 saturated heterocycles. The van der Waals surface area contributed by atoms with E-state index in [0.29, 0.717) is 11.3 Å². The summed E-state index contributed by atoms with van der Waals surface area (Å²) >= 11 is 0. The lowest BCUT2D eigenvalue weighted by Gasteiger charge is -2.09. The molecule has 9 nitrogen and oxygen atoms in total. The highest BCUT2D eigenvalue weighted by molar-refractivity contribution is 6.04. The molecule has 0 saturated carbocycles. The Bertz CT molecular complexity index is 1170. The number of aromatic nitrogens is 6. The Hall–Kier alpha value is -3.88. The lowest BCUT2D eigenvalue weighted by atomic mass is 10.1. The molecule has 0 spiro atoms. The van der Waals surface area contributed by atoms with E-state index in [9.17, 15) is 9.59 Å². The number of nitrogens with one attached hydrogen (secondary N) is 1. The van der Waals surface area contributed by atoms with Crippen molar-refractivity contribution in [2.24, 2.45) is 0 Å². The summed E-state index contributed by atoms with van der Waals surface area (Å²) in [5, 5.41) is 13.8. The molecular formula is C17H13N7O2. The highest BCUT2D eigenvalue weighted by atomic mass is 16.2. The van der Waals surface area contributed by atoms with Gasteiger partial charge in [-0.2, -0.15) is 0 Å². The van der Waals surface area contributed by atoms with Crippen LogP contribution >= 0.6 is 0 Å². The minimum absolute atomic E-state index is 0.0316. The quantitative estimate of drug-likeness (QED) is 0.597. The van der Waals surface area contributed by atoms with Crippen LogP contribution in [0.5, 0.6) is 0 Å². The second-order valence-electron chi connectivity index (χ2n) is 5.62. The number of benzene rings is 1. The van der Waals surface area contributed by atoms with Gasteiger partial charge in [-0.3, -0.25) is 14.0 Å². The molecule has 0 fully saturated rings. The van der Waals surface area contributed by atoms with Crippen molar-refractivity contribution in [1.29, 1.82) is 0 Å². The number of nitrogens with zero attached hydrogens (tertiary/aromatic N) is 6. The first-order valence-electron chi connectivity index (χ1n) is 7.75. The minimum Gasteiger partial charge on any atom is -0.322 e. The minimum atomic E-state index is -0.518. The van der Waals surface area contributed by atoms with Crippen molar-refractivity contribution in [3.05, 3.63) is 76.6 Å². The number of anilines is 1. The predicted octanol–water partition coefficient (Wildman–Crippen LogP) is 1.23. The van der Waals surface area contributed by atoms with Crippen LogP contribution in [0, 0.1) is 6.92 Å². The molecule has 4 aromatic rings. The van der Waals surface area contributed by atoms with Gasteiger partial charge >= 0.3 is 0 Å². The zero-order chi connectivity index (χ0) is 18.1. The van der Waals surface area contributed by atoms with Gasteiger partial charge in [0, 0.05) is 18.1 Å². The molecule has 0 unspecified atom stereocenters. The van der Waals surface area contributed by atoms with Gasteiger partial charge in [0.1, 0.15) is 17.5 Å². The van der Waals surface area contributed by atoms with E-state index in [1.807, 2.05) is 6.92 Å². The SMILES string of the molecule is Cc1cc(NC(=O)c2cnc3ccccn3c2=O)ccc1-n1cnnn1. The van der Waals surface area contributed by atoms with E-state index < -0.39 is 11.5 Å². The molecule has 0 atom stereocenters. The molecule has 128 valence electrons. The fraction of sp³-hybridized carbons (Fsp3) is 0.0588. The molecule has 1 aromatic carbocycles. The van der Waals surface area contributed by atoms with E-state index in [4.69, 9.17) is 0 Å². The highest BCUT2D eigenvalue weighted by Crippen LogP contribution is 2.18. The van der Waals surface area contributed by atoms with Crippen molar-refractivity contribution in [3.63, 3.8) is 0 Å². The van der Waals surface area contributed by atoms with Crippen LogP contribution in [-0.4, -0.2) is 35.5 Å². The van der Waals surface area contributed by atoms with Gasteiger partial charge in [-0.1, -0.05) is 6.07 Å². The van der Waals surface area contributed by atoms with Gasteiger partial charge in [-0.15, -0.1) is 5.10 Å². The van der Waals surface area contributed by atoms with Crippen LogP contribution in [0.2, 0.25) is 0 Å². The number of rotatable bonds is 3. The topological polar surface area (TPSA) is 107 Å². The number of carbonyl (C=O) groups excluding carboxylic acids is 1. The number of hydrogen-bond donors (Lipinski definition) is 1. The molecule has 3 aromatic heterocycles. The Morgan fingerprint density at radius 2 is 2.08 bits per heavy atom. The van der Waals surface area contributed by atoms with E-state index >= 15 is 0 Å². The molecule has 1 N–H and O–H groups in total. The molecule has 0 aliphatic heterocycles. The van der Waals surface area contributed by atoms with Gasteiger partial charge in [-0.05, 0) is 53.2 Å². The van der Waals surface area contributed by atoms with Crippen molar-refractivity contribution in [3.8, 4) is 5.69 Å². The lowest BCUT2D eigenvalue weighted by Crippen LogP contribution is -2.26. The Balaban J connectivity index is 1.64. The normalized spacial score (nSPS) is 10.8. The summed E-state index contributed by atoms with van der Waals surface area (Å²) in [7, 11) is 0. The number of pyridine rings is 1. The predicted molar refractivity (Wildman–Crippen MR) is 93.3 cm³/mol. The molecular weight excluding hydrogens is 334 g/mol. The third kappa shape index (κ3) is 2.71. The molecule has 26 heavy (non-hydrogen) atoms. The van der Waals surface area contributed by atoms with Crippen molar-refractivity contribution in [2.75, 3.05) is 5.32 Å². The summed E-state index contributed by atoms with van der Waals surface area (Å²) in [6, 6.07) is 10.5. The highest BCUT2D eigenvalue weighted by Gasteiger charge is 2.14. The van der Waals surface area contributed by atoms with E-state index in [1.54, 1.807) is 42.6 Å². The summed E-state index contributed by atoms with van der Waals surface area (Å²) in [5.41, 5.74) is 2.24. The Labute approximate surface area is 146 Å². The number of carbonyl (C=O) groups is 1. The molecule has 0 radical (unpaired) electrons. The largest absolute Gasteiger partial charge is 0.322 e. The van der Waals surface area contributed by atoms with Crippen LogP contribution in [0.4, 0.5) is 5.69 Å². The van der Waals surface area contributed by atoms with Crippen molar-refractivity contribution in [2.45, 2.75) is 6.92 Å². The number of tetrazole rings is 1. The monoisotopic (exact) mass is 347 g/mol. The first-order chi connectivity index (χ1) is 12.6. The van der Waals surface area contributed by atoms with Crippen molar-refractivity contribution >= 4 is 17.2 Å². The molecule has 3 heterocycles. The zero-order valence-electron chi connectivity index (χ0n) is 13.7. The molecule has 0 aliphatic carbocycles. The van der Waals surface area contributed by atoms with Gasteiger partial charge in [0.15, 0.2) is 0 Å². The van der Waals surface area contributed by atoms with E-state index in [2.05, 4.69) is 25.8 Å². The maximum atomic E-state index is 12.5. The molecule has 9 heteroatoms. The Morgan fingerprint density at radius 3 is 2.85 bits per heavy atom. The van der Waals surface area contributed by atoms with Crippen molar-refractivity contribution in [1.82, 2.24) is 29.6 Å². The Kier molecular flexibility index (Phi) is 3.73. The lowest BCUT2D eigenvalue weighted by molar-refractivity contribution is 0.102. The van der Waals surface area contributed by atoms with Gasteiger partial charge in [-0.25, -0.2) is 9.67 Å². The van der Waals surface area contributed by atoms with E-state index in [0.717, 1.165) is 11.3 Å². The summed E-state index contributed by atoms with van der Waals surface area (Å²) in [6.45, 7) is 1.87. The summed E-state index contributed by atoms with van der Waals surface area (Å²) in [6.07, 6.45) is 4.35. The van der Waals surface area contributed by atoms with Crippen LogP contribution in [0.1, 0.15) is 15.9 Å². The average molecular weight is 347 g/mol. The van der Waals surface area contributed by atoms with E-state index in [-0.39, 0.29) is 5.56 Å². The van der Waals surface area contributed by atoms with Gasteiger partial charge in [0.25, 0.3) is 11.5 Å². The molecule has 4 rings (SSSR count). The van der Waals surface area contributed by atoms with Crippen molar-refractivity contribution < 1.29 is 4.79 Å². The standard InChI is InChI=1S/C17H13N7O2/c1-11-8-12(5-6-14(11)24-10-19-21-22-24)20-16(25)13-9-18-15-4-2-3-7-23(15)17(13)26/h2-10H,1H3,(H,20,25). The van der Waals surface area contributed by atoms with Crippen LogP contribution in [-0.2, 0) is 0 Å². The summed E-state index contributed by atoms with van der Waals surface area (Å²) < 4.78 is 2.86. The molecule has 0 bridgehead atoms.